The van der Waals surface area contributed by atoms with Crippen LogP contribution in [0.5, 0.6) is 5.75 Å². The lowest BCUT2D eigenvalue weighted by Crippen LogP contribution is -2.58. The fourth-order valence-electron chi connectivity index (χ4n) is 5.55. The van der Waals surface area contributed by atoms with E-state index in [1.807, 2.05) is 12.1 Å². The zero-order valence-electron chi connectivity index (χ0n) is 13.4. The fourth-order valence-corrected chi connectivity index (χ4v) is 5.55. The van der Waals surface area contributed by atoms with E-state index in [1.54, 1.807) is 0 Å². The summed E-state index contributed by atoms with van der Waals surface area (Å²) < 4.78 is 5.80. The summed E-state index contributed by atoms with van der Waals surface area (Å²) in [5.74, 6) is 3.97. The Morgan fingerprint density at radius 2 is 1.73 bits per heavy atom. The summed E-state index contributed by atoms with van der Waals surface area (Å²) in [6.07, 6.45) is 10.5. The van der Waals surface area contributed by atoms with Gasteiger partial charge in [0.15, 0.2) is 0 Å². The second kappa shape index (κ2) is 5.73. The van der Waals surface area contributed by atoms with Gasteiger partial charge in [-0.25, -0.2) is 0 Å². The second-order valence-electron chi connectivity index (χ2n) is 7.76. The quantitative estimate of drug-likeness (QED) is 0.790. The molecule has 1 aromatic rings. The van der Waals surface area contributed by atoms with Crippen LogP contribution in [0.15, 0.2) is 36.9 Å². The van der Waals surface area contributed by atoms with E-state index in [4.69, 9.17) is 4.74 Å². The van der Waals surface area contributed by atoms with Crippen LogP contribution in [0, 0.1) is 17.8 Å². The van der Waals surface area contributed by atoms with E-state index in [2.05, 4.69) is 30.1 Å². The lowest BCUT2D eigenvalue weighted by atomic mass is 9.53. The van der Waals surface area contributed by atoms with Crippen LogP contribution in [-0.4, -0.2) is 12.1 Å². The highest BCUT2D eigenvalue weighted by molar-refractivity contribution is 5.33. The molecule has 0 aromatic heterocycles. The molecule has 4 aliphatic rings. The van der Waals surface area contributed by atoms with E-state index in [1.165, 1.54) is 44.1 Å². The third-order valence-corrected chi connectivity index (χ3v) is 6.02. The van der Waals surface area contributed by atoms with Gasteiger partial charge in [-0.1, -0.05) is 30.9 Å². The van der Waals surface area contributed by atoms with Crippen molar-refractivity contribution < 1.29 is 4.74 Å². The fraction of sp³-hybridized carbons (Fsp3) is 0.600. The zero-order chi connectivity index (χ0) is 15.0. The minimum atomic E-state index is 0.417. The lowest BCUT2D eigenvalue weighted by molar-refractivity contribution is -0.0206. The summed E-state index contributed by atoms with van der Waals surface area (Å²) >= 11 is 0. The normalized spacial score (nSPS) is 35.5. The number of rotatable bonds is 6. The average Bonchev–Trinajstić information content (AvgIpc) is 2.50. The first-order valence-corrected chi connectivity index (χ1v) is 8.83. The van der Waals surface area contributed by atoms with Crippen molar-refractivity contribution in [2.45, 2.75) is 50.6 Å². The molecule has 4 saturated carbocycles. The molecule has 0 atom stereocenters. The first kappa shape index (κ1) is 14.3. The first-order valence-electron chi connectivity index (χ1n) is 8.83. The van der Waals surface area contributed by atoms with Crippen molar-refractivity contribution in [1.29, 1.82) is 0 Å². The molecule has 4 fully saturated rings. The average molecular weight is 297 g/mol. The van der Waals surface area contributed by atoms with Gasteiger partial charge in [-0.15, -0.1) is 0 Å². The van der Waals surface area contributed by atoms with Gasteiger partial charge in [-0.2, -0.15) is 0 Å². The monoisotopic (exact) mass is 297 g/mol. The van der Waals surface area contributed by atoms with Crippen molar-refractivity contribution in [2.24, 2.45) is 17.8 Å². The second-order valence-corrected chi connectivity index (χ2v) is 7.76. The third kappa shape index (κ3) is 2.69. The van der Waals surface area contributed by atoms with E-state index in [0.29, 0.717) is 12.1 Å². The van der Waals surface area contributed by atoms with E-state index < -0.39 is 0 Å². The Morgan fingerprint density at radius 3 is 2.36 bits per heavy atom. The predicted octanol–water partition coefficient (Wildman–Crippen LogP) is 4.31. The maximum Gasteiger partial charge on any atom is 0.124 e. The number of hydrogen-bond donors (Lipinski definition) is 1. The van der Waals surface area contributed by atoms with Gasteiger partial charge in [0, 0.05) is 17.6 Å². The van der Waals surface area contributed by atoms with Crippen molar-refractivity contribution in [2.75, 3.05) is 6.61 Å². The van der Waals surface area contributed by atoms with Crippen LogP contribution in [0.25, 0.3) is 0 Å². The molecule has 4 bridgehead atoms. The molecule has 0 aliphatic heterocycles. The molecular weight excluding hydrogens is 270 g/mol. The smallest absolute Gasteiger partial charge is 0.124 e. The molecule has 1 N–H and O–H groups in total. The number of ether oxygens (including phenoxy) is 1. The molecule has 5 rings (SSSR count). The van der Waals surface area contributed by atoms with E-state index >= 15 is 0 Å². The van der Waals surface area contributed by atoms with Crippen molar-refractivity contribution in [1.82, 2.24) is 5.32 Å². The van der Waals surface area contributed by atoms with Gasteiger partial charge in [-0.05, 0) is 62.3 Å². The van der Waals surface area contributed by atoms with Crippen molar-refractivity contribution in [3.63, 3.8) is 0 Å². The number of nitrogens with one attached hydrogen (secondary N) is 1. The third-order valence-electron chi connectivity index (χ3n) is 6.02. The Morgan fingerprint density at radius 1 is 1.09 bits per heavy atom. The summed E-state index contributed by atoms with van der Waals surface area (Å²) in [4.78, 5) is 0. The van der Waals surface area contributed by atoms with Crippen LogP contribution in [0.3, 0.4) is 0 Å². The van der Waals surface area contributed by atoms with Crippen LogP contribution in [0.1, 0.15) is 44.1 Å². The van der Waals surface area contributed by atoms with Crippen molar-refractivity contribution in [3.05, 3.63) is 42.5 Å². The zero-order valence-corrected chi connectivity index (χ0v) is 13.4. The summed E-state index contributed by atoms with van der Waals surface area (Å²) in [5, 5.41) is 3.95. The van der Waals surface area contributed by atoms with Gasteiger partial charge in [0.25, 0.3) is 0 Å². The number of hydrogen-bond acceptors (Lipinski definition) is 2. The number of para-hydroxylation sites is 1. The Hall–Kier alpha value is -1.28. The van der Waals surface area contributed by atoms with Gasteiger partial charge in [0.1, 0.15) is 12.4 Å². The molecule has 0 saturated heterocycles. The van der Waals surface area contributed by atoms with Gasteiger partial charge >= 0.3 is 0 Å². The van der Waals surface area contributed by atoms with Gasteiger partial charge < -0.3 is 10.1 Å². The molecule has 0 heterocycles. The SMILES string of the molecule is C=CCOc1ccccc1CNC12CC3CC(CC(C3)C1)C2. The highest BCUT2D eigenvalue weighted by atomic mass is 16.5. The van der Waals surface area contributed by atoms with Crippen LogP contribution < -0.4 is 10.1 Å². The maximum atomic E-state index is 5.80. The molecule has 2 nitrogen and oxygen atoms in total. The molecule has 1 aromatic carbocycles. The van der Waals surface area contributed by atoms with Gasteiger partial charge in [0.05, 0.1) is 0 Å². The van der Waals surface area contributed by atoms with Crippen molar-refractivity contribution >= 4 is 0 Å². The molecule has 0 spiro atoms. The standard InChI is InChI=1S/C20H27NO/c1-2-7-22-19-6-4-3-5-18(19)14-21-20-11-15-8-16(12-20)10-17(9-15)13-20/h2-6,15-17,21H,1,7-14H2. The molecule has 0 unspecified atom stereocenters. The highest BCUT2D eigenvalue weighted by Crippen LogP contribution is 2.55. The van der Waals surface area contributed by atoms with E-state index in [-0.39, 0.29) is 0 Å². The molecule has 0 radical (unpaired) electrons. The predicted molar refractivity (Wildman–Crippen MR) is 89.9 cm³/mol. The van der Waals surface area contributed by atoms with Crippen LogP contribution in [0.4, 0.5) is 0 Å². The van der Waals surface area contributed by atoms with Crippen LogP contribution in [-0.2, 0) is 6.54 Å². The first-order chi connectivity index (χ1) is 10.8. The highest BCUT2D eigenvalue weighted by Gasteiger charge is 2.50. The topological polar surface area (TPSA) is 21.3 Å². The summed E-state index contributed by atoms with van der Waals surface area (Å²) in [6.45, 7) is 5.25. The Bertz CT molecular complexity index is 515. The Kier molecular flexibility index (Phi) is 3.73. The van der Waals surface area contributed by atoms with Gasteiger partial charge in [0.2, 0.25) is 0 Å². The molecule has 118 valence electrons. The minimum Gasteiger partial charge on any atom is -0.489 e. The molecule has 4 aliphatic carbocycles. The van der Waals surface area contributed by atoms with Gasteiger partial charge in [-0.3, -0.25) is 0 Å². The molecule has 22 heavy (non-hydrogen) atoms. The lowest BCUT2D eigenvalue weighted by Gasteiger charge is -2.57. The van der Waals surface area contributed by atoms with E-state index in [0.717, 1.165) is 30.0 Å². The number of benzene rings is 1. The van der Waals surface area contributed by atoms with Crippen LogP contribution in [0.2, 0.25) is 0 Å². The molecule has 0 amide bonds. The van der Waals surface area contributed by atoms with E-state index in [9.17, 15) is 0 Å². The molecular formula is C20H27NO. The Balaban J connectivity index is 1.45. The summed E-state index contributed by atoms with van der Waals surface area (Å²) in [6, 6.07) is 8.41. The van der Waals surface area contributed by atoms with Crippen LogP contribution >= 0.6 is 0 Å². The maximum absolute atomic E-state index is 5.80. The Labute approximate surface area is 133 Å². The molecule has 2 heteroatoms. The summed E-state index contributed by atoms with van der Waals surface area (Å²) in [7, 11) is 0. The minimum absolute atomic E-state index is 0.417. The summed E-state index contributed by atoms with van der Waals surface area (Å²) in [5.41, 5.74) is 1.69. The largest absolute Gasteiger partial charge is 0.489 e. The van der Waals surface area contributed by atoms with Crippen molar-refractivity contribution in [3.8, 4) is 5.75 Å².